The molecule has 0 N–H and O–H groups in total. The molecule has 394 valence electrons. The van der Waals surface area contributed by atoms with Crippen molar-refractivity contribution >= 4 is 63.3 Å². The quantitative estimate of drug-likeness (QED) is 0.166. The Kier molecular flexibility index (Phi) is 9.87. The van der Waals surface area contributed by atoms with Gasteiger partial charge in [-0.25, -0.2) is 16.8 Å². The highest BCUT2D eigenvalue weighted by molar-refractivity contribution is 7.92. The lowest BCUT2D eigenvalue weighted by Gasteiger charge is -2.22. The third-order valence-electron chi connectivity index (χ3n) is 18.1. The summed E-state index contributed by atoms with van der Waals surface area (Å²) in [4.78, 5) is 1.36. The molecule has 1 aliphatic carbocycles. The fourth-order valence-corrected chi connectivity index (χ4v) is 17.3. The SMILES string of the molecule is CC1(C)c2ccccc2-c2ccc(-n3c4ccccc4c4cc(-c5ccc6c(c5)-c5ccc(-c7ccc(-c8cccc(-n9c%10ccccc%10c%10cc(-c%11ccc%12c(c%11)-c%11ccccc%11S%12(=O)=O)ccc%109)c8)cc7)cc5S6(=O)=O)ccc43)cc21. The summed E-state index contributed by atoms with van der Waals surface area (Å²) >= 11 is 0. The smallest absolute Gasteiger partial charge is 0.207 e. The number of para-hydroxylation sites is 2. The first-order chi connectivity index (χ1) is 40.4. The van der Waals surface area contributed by atoms with Crippen molar-refractivity contribution in [3.8, 4) is 89.3 Å². The number of nitrogens with zero attached hydrogens (tertiary/aromatic N) is 2. The molecule has 12 aromatic carbocycles. The molecule has 0 amide bonds. The van der Waals surface area contributed by atoms with Gasteiger partial charge in [0, 0.05) is 60.6 Å². The van der Waals surface area contributed by atoms with Crippen molar-refractivity contribution in [2.75, 3.05) is 0 Å². The maximum atomic E-state index is 14.4. The first-order valence-electron chi connectivity index (χ1n) is 28.0. The molecule has 0 unspecified atom stereocenters. The zero-order valence-corrected chi connectivity index (χ0v) is 46.7. The summed E-state index contributed by atoms with van der Waals surface area (Å²) in [5, 5.41) is 4.52. The van der Waals surface area contributed by atoms with E-state index in [4.69, 9.17) is 0 Å². The van der Waals surface area contributed by atoms with Crippen molar-refractivity contribution in [3.63, 3.8) is 0 Å². The van der Waals surface area contributed by atoms with Gasteiger partial charge in [0.1, 0.15) is 0 Å². The molecule has 0 radical (unpaired) electrons. The second-order valence-electron chi connectivity index (χ2n) is 22.8. The topological polar surface area (TPSA) is 78.1 Å². The molecule has 6 nitrogen and oxygen atoms in total. The predicted octanol–water partition coefficient (Wildman–Crippen LogP) is 18.5. The third-order valence-corrected chi connectivity index (χ3v) is 21.8. The van der Waals surface area contributed by atoms with E-state index in [-0.39, 0.29) is 5.41 Å². The summed E-state index contributed by atoms with van der Waals surface area (Å²) in [6.45, 7) is 4.64. The van der Waals surface area contributed by atoms with E-state index >= 15 is 0 Å². The Morgan fingerprint density at radius 3 is 1.33 bits per heavy atom. The molecule has 4 heterocycles. The molecule has 0 spiro atoms. The zero-order chi connectivity index (χ0) is 55.7. The monoisotopic (exact) mass is 1100 g/mol. The van der Waals surface area contributed by atoms with E-state index < -0.39 is 19.7 Å². The lowest BCUT2D eigenvalue weighted by Crippen LogP contribution is -2.15. The average molecular weight is 1110 g/mol. The van der Waals surface area contributed by atoms with Crippen molar-refractivity contribution < 1.29 is 16.8 Å². The van der Waals surface area contributed by atoms with Crippen LogP contribution in [0.3, 0.4) is 0 Å². The highest BCUT2D eigenvalue weighted by Crippen LogP contribution is 2.51. The number of fused-ring (bicyclic) bond motifs is 15. The number of rotatable bonds is 6. The first-order valence-corrected chi connectivity index (χ1v) is 30.9. The van der Waals surface area contributed by atoms with Gasteiger partial charge in [0.25, 0.3) is 0 Å². The zero-order valence-electron chi connectivity index (χ0n) is 45.1. The van der Waals surface area contributed by atoms with E-state index in [0.717, 1.165) is 116 Å². The van der Waals surface area contributed by atoms with Crippen LogP contribution in [0.1, 0.15) is 25.0 Å². The Balaban J connectivity index is 0.671. The van der Waals surface area contributed by atoms with E-state index in [2.05, 4.69) is 199 Å². The summed E-state index contributed by atoms with van der Waals surface area (Å²) in [6.07, 6.45) is 0. The van der Waals surface area contributed by atoms with Crippen LogP contribution in [0.15, 0.2) is 274 Å². The number of hydrogen-bond donors (Lipinski definition) is 0. The van der Waals surface area contributed by atoms with E-state index in [9.17, 15) is 16.8 Å². The summed E-state index contributed by atoms with van der Waals surface area (Å²) in [6, 6.07) is 87.2. The van der Waals surface area contributed by atoms with Gasteiger partial charge in [0.05, 0.1) is 41.6 Å². The van der Waals surface area contributed by atoms with Gasteiger partial charge in [-0.1, -0.05) is 172 Å². The molecule has 0 atom stereocenters. The molecule has 14 aromatic rings. The minimum atomic E-state index is -3.78. The number of hydrogen-bond acceptors (Lipinski definition) is 4. The van der Waals surface area contributed by atoms with Crippen LogP contribution in [0.5, 0.6) is 0 Å². The van der Waals surface area contributed by atoms with Crippen molar-refractivity contribution in [2.45, 2.75) is 38.8 Å². The van der Waals surface area contributed by atoms with Gasteiger partial charge in [-0.15, -0.1) is 0 Å². The summed E-state index contributed by atoms with van der Waals surface area (Å²) < 4.78 is 60.3. The van der Waals surface area contributed by atoms with Gasteiger partial charge in [-0.3, -0.25) is 0 Å². The summed E-state index contributed by atoms with van der Waals surface area (Å²) in [5.74, 6) is 0. The molecule has 0 fully saturated rings. The molecule has 83 heavy (non-hydrogen) atoms. The largest absolute Gasteiger partial charge is 0.309 e. The Bertz CT molecular complexity index is 5450. The summed E-state index contributed by atoms with van der Waals surface area (Å²) in [7, 11) is -7.34. The van der Waals surface area contributed by atoms with Crippen molar-refractivity contribution in [1.82, 2.24) is 9.13 Å². The van der Waals surface area contributed by atoms with E-state index in [1.54, 1.807) is 24.3 Å². The number of benzene rings is 12. The lowest BCUT2D eigenvalue weighted by molar-refractivity contribution is 0.597. The highest BCUT2D eigenvalue weighted by Gasteiger charge is 2.37. The van der Waals surface area contributed by atoms with Gasteiger partial charge in [0.15, 0.2) is 0 Å². The van der Waals surface area contributed by atoms with Crippen LogP contribution in [0.4, 0.5) is 0 Å². The number of sulfone groups is 2. The maximum Gasteiger partial charge on any atom is 0.207 e. The van der Waals surface area contributed by atoms with E-state index in [1.165, 1.54) is 22.3 Å². The standard InChI is InChI=1S/C75H48N2O4S2/c1-75(2)65-18-7-3-14-55(65)56-33-31-54(44-66(56)75)77-68-20-9-5-16-58(68)62-40-49(28-35-70(62)77)51-30-37-73-64(42-51)60-32-26-52(43-74(60)83(73,80)81)46-24-22-45(23-25-46)47-12-11-13-53(38-47)76-67-19-8-4-15-57(67)61-39-48(27-34-69(61)76)50-29-36-72-63(41-50)59-17-6-10-21-71(59)82(72,78)79/h3-44H,1-2H3. The predicted molar refractivity (Wildman–Crippen MR) is 336 cm³/mol. The Morgan fingerprint density at radius 1 is 0.265 bits per heavy atom. The molecular formula is C75H48N2O4S2. The number of aromatic nitrogens is 2. The average Bonchev–Trinajstić information content (AvgIpc) is 2.23. The molecule has 0 saturated heterocycles. The van der Waals surface area contributed by atoms with Crippen molar-refractivity contribution in [3.05, 3.63) is 266 Å². The second kappa shape index (κ2) is 17.1. The van der Waals surface area contributed by atoms with E-state index in [0.29, 0.717) is 25.1 Å². The lowest BCUT2D eigenvalue weighted by atomic mass is 9.82. The van der Waals surface area contributed by atoms with Crippen LogP contribution in [-0.2, 0) is 25.1 Å². The van der Waals surface area contributed by atoms with Gasteiger partial charge < -0.3 is 9.13 Å². The minimum absolute atomic E-state index is 0.122. The van der Waals surface area contributed by atoms with Crippen LogP contribution in [0.25, 0.3) is 133 Å². The molecule has 17 rings (SSSR count). The fraction of sp³-hybridized carbons (Fsp3) is 0.0400. The van der Waals surface area contributed by atoms with E-state index in [1.807, 2.05) is 54.6 Å². The van der Waals surface area contributed by atoms with Crippen LogP contribution in [0, 0.1) is 0 Å². The molecule has 2 aromatic heterocycles. The second-order valence-corrected chi connectivity index (χ2v) is 26.6. The van der Waals surface area contributed by atoms with Crippen LogP contribution in [-0.4, -0.2) is 26.0 Å². The van der Waals surface area contributed by atoms with Crippen molar-refractivity contribution in [2.24, 2.45) is 0 Å². The Morgan fingerprint density at radius 2 is 0.687 bits per heavy atom. The molecular weight excluding hydrogens is 1060 g/mol. The molecule has 3 aliphatic rings. The minimum Gasteiger partial charge on any atom is -0.309 e. The maximum absolute atomic E-state index is 14.4. The summed E-state index contributed by atoms with van der Waals surface area (Å²) in [5.41, 5.74) is 22.4. The Labute approximate surface area is 480 Å². The van der Waals surface area contributed by atoms with Crippen LogP contribution < -0.4 is 0 Å². The van der Waals surface area contributed by atoms with Crippen LogP contribution in [0.2, 0.25) is 0 Å². The van der Waals surface area contributed by atoms with Gasteiger partial charge in [0.2, 0.25) is 19.7 Å². The van der Waals surface area contributed by atoms with Crippen LogP contribution >= 0.6 is 0 Å². The molecule has 0 bridgehead atoms. The normalized spacial score (nSPS) is 14.6. The van der Waals surface area contributed by atoms with Crippen molar-refractivity contribution in [1.29, 1.82) is 0 Å². The molecule has 8 heteroatoms. The molecule has 2 aliphatic heterocycles. The highest BCUT2D eigenvalue weighted by atomic mass is 32.2. The van der Waals surface area contributed by atoms with Gasteiger partial charge >= 0.3 is 0 Å². The fourth-order valence-electron chi connectivity index (χ4n) is 14.0. The third kappa shape index (κ3) is 6.82. The van der Waals surface area contributed by atoms with Gasteiger partial charge in [-0.05, 0) is 164 Å². The Hall–Kier alpha value is -9.86. The van der Waals surface area contributed by atoms with Gasteiger partial charge in [-0.2, -0.15) is 0 Å². The first kappa shape index (κ1) is 47.9. The molecule has 0 saturated carbocycles.